The van der Waals surface area contributed by atoms with Crippen LogP contribution in [0.25, 0.3) is 5.70 Å². The third kappa shape index (κ3) is 5.77. The molecule has 1 aliphatic heterocycles. The van der Waals surface area contributed by atoms with Gasteiger partial charge in [0, 0.05) is 31.6 Å². The lowest BCUT2D eigenvalue weighted by atomic mass is 9.84. The predicted molar refractivity (Wildman–Crippen MR) is 112 cm³/mol. The van der Waals surface area contributed by atoms with E-state index in [0.29, 0.717) is 5.92 Å². The minimum absolute atomic E-state index is 0.690. The van der Waals surface area contributed by atoms with E-state index in [1.807, 2.05) is 13.8 Å². The zero-order valence-electron chi connectivity index (χ0n) is 17.4. The van der Waals surface area contributed by atoms with Gasteiger partial charge in [0.2, 0.25) is 0 Å². The first kappa shape index (κ1) is 21.9. The highest BCUT2D eigenvalue weighted by atomic mass is 16.5. The Morgan fingerprint density at radius 2 is 1.96 bits per heavy atom. The van der Waals surface area contributed by atoms with Crippen molar-refractivity contribution in [1.82, 2.24) is 14.7 Å². The van der Waals surface area contributed by atoms with Gasteiger partial charge >= 0.3 is 0 Å². The van der Waals surface area contributed by atoms with Crippen LogP contribution in [0.2, 0.25) is 0 Å². The molecule has 27 heavy (non-hydrogen) atoms. The van der Waals surface area contributed by atoms with Gasteiger partial charge in [-0.3, -0.25) is 4.90 Å². The first-order valence-electron chi connectivity index (χ1n) is 10.6. The first-order chi connectivity index (χ1) is 13.4. The van der Waals surface area contributed by atoms with Crippen molar-refractivity contribution in [3.05, 3.63) is 35.7 Å². The fourth-order valence-corrected chi connectivity index (χ4v) is 4.13. The summed E-state index contributed by atoms with van der Waals surface area (Å²) in [6.45, 7) is 9.19. The summed E-state index contributed by atoms with van der Waals surface area (Å²) < 4.78 is 7.69. The average Bonchev–Trinajstić information content (AvgIpc) is 3.21. The molecule has 2 aliphatic carbocycles. The van der Waals surface area contributed by atoms with E-state index in [2.05, 4.69) is 34.0 Å². The van der Waals surface area contributed by atoms with E-state index < -0.39 is 0 Å². The fourth-order valence-electron chi connectivity index (χ4n) is 4.13. The maximum atomic E-state index is 7.00. The molecule has 1 atom stereocenters. The molecule has 0 saturated carbocycles. The molecular weight excluding hydrogens is 338 g/mol. The van der Waals surface area contributed by atoms with Crippen molar-refractivity contribution in [3.63, 3.8) is 0 Å². The molecule has 0 radical (unpaired) electrons. The van der Waals surface area contributed by atoms with Gasteiger partial charge < -0.3 is 9.84 Å². The topological polar surface area (TPSA) is 50.5 Å². The van der Waals surface area contributed by atoms with E-state index in [0.717, 1.165) is 46.3 Å². The van der Waals surface area contributed by atoms with Crippen molar-refractivity contribution in [2.24, 2.45) is 0 Å². The smallest absolute Gasteiger partial charge is 0.0594 e. The Bertz CT molecular complexity index is 601. The van der Waals surface area contributed by atoms with Crippen molar-refractivity contribution < 1.29 is 9.84 Å². The molecule has 1 fully saturated rings. The summed E-state index contributed by atoms with van der Waals surface area (Å²) >= 11 is 0. The lowest BCUT2D eigenvalue weighted by Crippen LogP contribution is -2.37. The molecule has 0 aromatic carbocycles. The summed E-state index contributed by atoms with van der Waals surface area (Å²) in [6.07, 6.45) is 16.1. The molecule has 1 unspecified atom stereocenters. The summed E-state index contributed by atoms with van der Waals surface area (Å²) in [5, 5.41) is 11.7. The second-order valence-corrected chi connectivity index (χ2v) is 6.92. The van der Waals surface area contributed by atoms with Crippen LogP contribution in [0.3, 0.4) is 0 Å². The highest BCUT2D eigenvalue weighted by Gasteiger charge is 2.26. The van der Waals surface area contributed by atoms with Crippen LogP contribution in [-0.4, -0.2) is 59.7 Å². The monoisotopic (exact) mass is 375 g/mol. The Balaban J connectivity index is 0.000000614. The van der Waals surface area contributed by atoms with Gasteiger partial charge in [0.25, 0.3) is 0 Å². The second kappa shape index (κ2) is 12.1. The average molecular weight is 376 g/mol. The first-order valence-corrected chi connectivity index (χ1v) is 10.6. The summed E-state index contributed by atoms with van der Waals surface area (Å²) in [6, 6.07) is 0. The lowest BCUT2D eigenvalue weighted by Gasteiger charge is -2.30. The van der Waals surface area contributed by atoms with E-state index in [1.54, 1.807) is 0 Å². The molecule has 5 heteroatoms. The van der Waals surface area contributed by atoms with Crippen molar-refractivity contribution in [1.29, 1.82) is 0 Å². The summed E-state index contributed by atoms with van der Waals surface area (Å²) in [5.41, 5.74) is 4.35. The van der Waals surface area contributed by atoms with Gasteiger partial charge in [-0.25, -0.2) is 4.68 Å². The number of ether oxygens (including phenoxy) is 1. The number of hydrogen-bond donors (Lipinski definition) is 1. The van der Waals surface area contributed by atoms with Crippen LogP contribution in [0.1, 0.15) is 63.1 Å². The van der Waals surface area contributed by atoms with E-state index in [1.165, 1.54) is 49.2 Å². The SMILES string of the molecule is C1=CCCC(n2ncc3c2CCCC3CCN2CCOCC2)=C1.CC.CO. The second-order valence-electron chi connectivity index (χ2n) is 6.92. The predicted octanol–water partition coefficient (Wildman–Crippen LogP) is 3.85. The number of fused-ring (bicyclic) bond motifs is 1. The van der Waals surface area contributed by atoms with Gasteiger partial charge in [-0.1, -0.05) is 26.0 Å². The molecule has 152 valence electrons. The van der Waals surface area contributed by atoms with Crippen molar-refractivity contribution in [2.75, 3.05) is 40.0 Å². The van der Waals surface area contributed by atoms with E-state index in [9.17, 15) is 0 Å². The molecular formula is C22H37N3O2. The number of aliphatic hydroxyl groups is 1. The van der Waals surface area contributed by atoms with Crippen LogP contribution < -0.4 is 0 Å². The molecule has 3 aliphatic rings. The molecule has 2 heterocycles. The van der Waals surface area contributed by atoms with Gasteiger partial charge in [0.1, 0.15) is 0 Å². The van der Waals surface area contributed by atoms with Gasteiger partial charge in [-0.2, -0.15) is 5.10 Å². The van der Waals surface area contributed by atoms with E-state index in [-0.39, 0.29) is 0 Å². The molecule has 1 aromatic heterocycles. The molecule has 0 amide bonds. The number of nitrogens with zero attached hydrogens (tertiary/aromatic N) is 3. The molecule has 4 rings (SSSR count). The molecule has 1 saturated heterocycles. The number of rotatable bonds is 4. The highest BCUT2D eigenvalue weighted by molar-refractivity contribution is 5.52. The Labute approximate surface area is 164 Å². The number of hydrogen-bond acceptors (Lipinski definition) is 4. The van der Waals surface area contributed by atoms with E-state index >= 15 is 0 Å². The Hall–Kier alpha value is -1.43. The number of allylic oxidation sites excluding steroid dienone is 4. The quantitative estimate of drug-likeness (QED) is 0.868. The van der Waals surface area contributed by atoms with Gasteiger partial charge in [-0.15, -0.1) is 0 Å². The Morgan fingerprint density at radius 3 is 2.67 bits per heavy atom. The van der Waals surface area contributed by atoms with Crippen molar-refractivity contribution >= 4 is 5.70 Å². The summed E-state index contributed by atoms with van der Waals surface area (Å²) in [5.74, 6) is 0.690. The number of aliphatic hydroxyl groups excluding tert-OH is 1. The van der Waals surface area contributed by atoms with Gasteiger partial charge in [0.05, 0.1) is 19.4 Å². The Morgan fingerprint density at radius 1 is 1.19 bits per heavy atom. The lowest BCUT2D eigenvalue weighted by molar-refractivity contribution is 0.0363. The minimum atomic E-state index is 0.690. The summed E-state index contributed by atoms with van der Waals surface area (Å²) in [7, 11) is 1.00. The van der Waals surface area contributed by atoms with Crippen LogP contribution in [0.15, 0.2) is 24.4 Å². The van der Waals surface area contributed by atoms with Gasteiger partial charge in [0.15, 0.2) is 0 Å². The fraction of sp³-hybridized carbons (Fsp3) is 0.682. The molecule has 5 nitrogen and oxygen atoms in total. The third-order valence-electron chi connectivity index (χ3n) is 5.47. The zero-order valence-corrected chi connectivity index (χ0v) is 17.4. The number of aromatic nitrogens is 2. The Kier molecular flexibility index (Phi) is 9.81. The van der Waals surface area contributed by atoms with Crippen LogP contribution in [0, 0.1) is 0 Å². The van der Waals surface area contributed by atoms with Crippen LogP contribution in [0.5, 0.6) is 0 Å². The van der Waals surface area contributed by atoms with Crippen molar-refractivity contribution in [3.8, 4) is 0 Å². The maximum absolute atomic E-state index is 7.00. The maximum Gasteiger partial charge on any atom is 0.0594 e. The van der Waals surface area contributed by atoms with E-state index in [4.69, 9.17) is 14.9 Å². The van der Waals surface area contributed by atoms with Crippen LogP contribution >= 0.6 is 0 Å². The van der Waals surface area contributed by atoms with Crippen LogP contribution in [0.4, 0.5) is 0 Å². The standard InChI is InChI=1S/C19H27N3O.C2H6.CH4O/c1-2-6-17(7-3-1)22-19-8-4-5-16(18(19)15-20-22)9-10-21-11-13-23-14-12-21;2*1-2/h1-2,6,15-16H,3-5,7-14H2;1-2H3;2H,1H3. The third-order valence-corrected chi connectivity index (χ3v) is 5.47. The largest absolute Gasteiger partial charge is 0.400 e. The molecule has 0 bridgehead atoms. The highest BCUT2D eigenvalue weighted by Crippen LogP contribution is 2.35. The molecule has 1 N–H and O–H groups in total. The molecule has 1 aromatic rings. The van der Waals surface area contributed by atoms with Crippen molar-refractivity contribution in [2.45, 2.75) is 58.3 Å². The van der Waals surface area contributed by atoms with Crippen LogP contribution in [-0.2, 0) is 11.2 Å². The molecule has 0 spiro atoms. The normalized spacial score (nSPS) is 21.9. The minimum Gasteiger partial charge on any atom is -0.400 e. The zero-order chi connectivity index (χ0) is 19.5. The number of morpholine rings is 1. The van der Waals surface area contributed by atoms with Gasteiger partial charge in [-0.05, 0) is 62.6 Å². The summed E-state index contributed by atoms with van der Waals surface area (Å²) in [4.78, 5) is 2.55.